The molecule has 0 aliphatic heterocycles. The number of anilines is 1. The van der Waals surface area contributed by atoms with Gasteiger partial charge in [-0.05, 0) is 36.4 Å². The first kappa shape index (κ1) is 16.6. The molecule has 0 atom stereocenters. The normalized spacial score (nSPS) is 12.4. The van der Waals surface area contributed by atoms with Gasteiger partial charge in [-0.15, -0.1) is 0 Å². The number of amidine groups is 1. The molecule has 1 aromatic carbocycles. The Bertz CT molecular complexity index is 697. The summed E-state index contributed by atoms with van der Waals surface area (Å²) in [6.45, 7) is 0. The molecule has 0 spiro atoms. The van der Waals surface area contributed by atoms with Crippen molar-refractivity contribution >= 4 is 34.9 Å². The molecule has 116 valence electrons. The second kappa shape index (κ2) is 6.54. The van der Waals surface area contributed by atoms with E-state index in [1.807, 2.05) is 0 Å². The standard InChI is InChI=1S/C14H10Cl2F3N3/c1-20-13(8-2-4-10(15)5-3-8)22-12-7-9(14(17,18)19)6-11(16)21-12/h2-7H,1H3,(H,20,21,22). The van der Waals surface area contributed by atoms with E-state index >= 15 is 0 Å². The average Bonchev–Trinajstić information content (AvgIpc) is 2.44. The molecule has 0 bridgehead atoms. The van der Waals surface area contributed by atoms with E-state index < -0.39 is 11.7 Å². The molecule has 3 nitrogen and oxygen atoms in total. The molecule has 0 radical (unpaired) electrons. The van der Waals surface area contributed by atoms with Gasteiger partial charge in [-0.1, -0.05) is 23.2 Å². The van der Waals surface area contributed by atoms with E-state index in [-0.39, 0.29) is 11.0 Å². The number of hydrogen-bond acceptors (Lipinski definition) is 2. The number of aromatic nitrogens is 1. The lowest BCUT2D eigenvalue weighted by Gasteiger charge is -2.12. The molecule has 0 saturated carbocycles. The van der Waals surface area contributed by atoms with Crippen LogP contribution in [0.1, 0.15) is 11.1 Å². The van der Waals surface area contributed by atoms with Crippen LogP contribution in [0.5, 0.6) is 0 Å². The predicted molar refractivity (Wildman–Crippen MR) is 81.8 cm³/mol. The predicted octanol–water partition coefficient (Wildman–Crippen LogP) is 4.90. The zero-order valence-electron chi connectivity index (χ0n) is 11.2. The summed E-state index contributed by atoms with van der Waals surface area (Å²) in [4.78, 5) is 7.83. The highest BCUT2D eigenvalue weighted by atomic mass is 35.5. The lowest BCUT2D eigenvalue weighted by Crippen LogP contribution is -2.16. The van der Waals surface area contributed by atoms with Gasteiger partial charge in [-0.3, -0.25) is 4.99 Å². The molecule has 2 rings (SSSR count). The fraction of sp³-hybridized carbons (Fsp3) is 0.143. The summed E-state index contributed by atoms with van der Waals surface area (Å²) in [7, 11) is 1.51. The van der Waals surface area contributed by atoms with Crippen molar-refractivity contribution in [2.75, 3.05) is 12.4 Å². The third-order valence-corrected chi connectivity index (χ3v) is 3.15. The second-order valence-electron chi connectivity index (χ2n) is 4.27. The van der Waals surface area contributed by atoms with Crippen molar-refractivity contribution in [2.24, 2.45) is 4.99 Å². The number of rotatable bonds is 2. The van der Waals surface area contributed by atoms with Gasteiger partial charge in [-0.2, -0.15) is 13.2 Å². The van der Waals surface area contributed by atoms with Crippen molar-refractivity contribution in [1.82, 2.24) is 4.98 Å². The summed E-state index contributed by atoms with van der Waals surface area (Å²) in [5, 5.41) is 3.01. The van der Waals surface area contributed by atoms with E-state index in [1.54, 1.807) is 24.3 Å². The lowest BCUT2D eigenvalue weighted by molar-refractivity contribution is -0.137. The van der Waals surface area contributed by atoms with Gasteiger partial charge in [0.1, 0.15) is 16.8 Å². The Balaban J connectivity index is 2.32. The Morgan fingerprint density at radius 1 is 1.14 bits per heavy atom. The van der Waals surface area contributed by atoms with Gasteiger partial charge in [0.2, 0.25) is 0 Å². The highest BCUT2D eigenvalue weighted by Crippen LogP contribution is 2.32. The SMILES string of the molecule is CN=C(Nc1cc(C(F)(F)F)cc(Cl)n1)c1ccc(Cl)cc1. The first-order valence-electron chi connectivity index (χ1n) is 6.04. The first-order chi connectivity index (χ1) is 10.3. The number of aliphatic imine (C=N–C) groups is 1. The molecule has 1 aromatic heterocycles. The maximum Gasteiger partial charge on any atom is 0.416 e. The maximum atomic E-state index is 12.8. The number of nitrogens with one attached hydrogen (secondary N) is 1. The number of hydrogen-bond donors (Lipinski definition) is 1. The van der Waals surface area contributed by atoms with Crippen LogP contribution in [0, 0.1) is 0 Å². The molecule has 1 heterocycles. The number of halogens is 5. The van der Waals surface area contributed by atoms with E-state index in [9.17, 15) is 13.2 Å². The fourth-order valence-electron chi connectivity index (χ4n) is 1.71. The van der Waals surface area contributed by atoms with Crippen molar-refractivity contribution < 1.29 is 13.2 Å². The summed E-state index contributed by atoms with van der Waals surface area (Å²) in [5.41, 5.74) is -0.233. The minimum Gasteiger partial charge on any atom is -0.325 e. The van der Waals surface area contributed by atoms with Crippen LogP contribution >= 0.6 is 23.2 Å². The minimum absolute atomic E-state index is 0.0459. The Morgan fingerprint density at radius 2 is 1.77 bits per heavy atom. The number of nitrogens with zero attached hydrogens (tertiary/aromatic N) is 2. The number of alkyl halides is 3. The van der Waals surface area contributed by atoms with E-state index in [2.05, 4.69) is 15.3 Å². The molecular weight excluding hydrogens is 338 g/mol. The molecule has 0 aliphatic carbocycles. The zero-order chi connectivity index (χ0) is 16.3. The van der Waals surface area contributed by atoms with Crippen LogP contribution in [0.3, 0.4) is 0 Å². The Hall–Kier alpha value is -1.79. The van der Waals surface area contributed by atoms with Crippen LogP contribution in [0.25, 0.3) is 0 Å². The van der Waals surface area contributed by atoms with Crippen LogP contribution < -0.4 is 5.32 Å². The van der Waals surface area contributed by atoms with Gasteiger partial charge in [-0.25, -0.2) is 4.98 Å². The summed E-state index contributed by atoms with van der Waals surface area (Å²) in [6, 6.07) is 8.30. The largest absolute Gasteiger partial charge is 0.416 e. The third-order valence-electron chi connectivity index (χ3n) is 2.71. The van der Waals surface area contributed by atoms with Crippen molar-refractivity contribution in [3.63, 3.8) is 0 Å². The van der Waals surface area contributed by atoms with Gasteiger partial charge >= 0.3 is 6.18 Å². The number of pyridine rings is 1. The molecule has 1 N–H and O–H groups in total. The molecule has 2 aromatic rings. The molecule has 0 saturated heterocycles. The maximum absolute atomic E-state index is 12.8. The highest BCUT2D eigenvalue weighted by molar-refractivity contribution is 6.30. The topological polar surface area (TPSA) is 37.3 Å². The van der Waals surface area contributed by atoms with E-state index in [4.69, 9.17) is 23.2 Å². The summed E-state index contributed by atoms with van der Waals surface area (Å²) in [5.74, 6) is 0.301. The van der Waals surface area contributed by atoms with Gasteiger partial charge in [0.25, 0.3) is 0 Å². The summed E-state index contributed by atoms with van der Waals surface area (Å²) in [6.07, 6.45) is -4.51. The Kier molecular flexibility index (Phi) is 4.93. The Morgan fingerprint density at radius 3 is 2.32 bits per heavy atom. The van der Waals surface area contributed by atoms with Crippen molar-refractivity contribution in [3.05, 3.63) is 57.7 Å². The fourth-order valence-corrected chi connectivity index (χ4v) is 2.05. The number of benzene rings is 1. The second-order valence-corrected chi connectivity index (χ2v) is 5.09. The third kappa shape index (κ3) is 4.11. The average molecular weight is 348 g/mol. The molecule has 0 fully saturated rings. The summed E-state index contributed by atoms with van der Waals surface area (Å²) < 4.78 is 38.3. The van der Waals surface area contributed by atoms with E-state index in [1.165, 1.54) is 7.05 Å². The molecular formula is C14H10Cl2F3N3. The van der Waals surface area contributed by atoms with Crippen LogP contribution in [0.4, 0.5) is 19.0 Å². The minimum atomic E-state index is -4.51. The van der Waals surface area contributed by atoms with Crippen molar-refractivity contribution in [2.45, 2.75) is 6.18 Å². The van der Waals surface area contributed by atoms with Gasteiger partial charge in [0, 0.05) is 17.6 Å². The molecule has 22 heavy (non-hydrogen) atoms. The zero-order valence-corrected chi connectivity index (χ0v) is 12.8. The van der Waals surface area contributed by atoms with Gasteiger partial charge < -0.3 is 5.32 Å². The van der Waals surface area contributed by atoms with Crippen LogP contribution in [-0.4, -0.2) is 17.9 Å². The van der Waals surface area contributed by atoms with E-state index in [0.717, 1.165) is 12.1 Å². The van der Waals surface area contributed by atoms with Crippen LogP contribution in [0.15, 0.2) is 41.4 Å². The highest BCUT2D eigenvalue weighted by Gasteiger charge is 2.31. The monoisotopic (exact) mass is 347 g/mol. The molecule has 8 heteroatoms. The molecule has 0 amide bonds. The quantitative estimate of drug-likeness (QED) is 0.476. The van der Waals surface area contributed by atoms with Crippen LogP contribution in [0.2, 0.25) is 10.2 Å². The Labute approximate surface area is 134 Å². The van der Waals surface area contributed by atoms with Crippen LogP contribution in [-0.2, 0) is 6.18 Å². The van der Waals surface area contributed by atoms with Crippen molar-refractivity contribution in [1.29, 1.82) is 0 Å². The van der Waals surface area contributed by atoms with Crippen molar-refractivity contribution in [3.8, 4) is 0 Å². The first-order valence-corrected chi connectivity index (χ1v) is 6.79. The lowest BCUT2D eigenvalue weighted by atomic mass is 10.2. The molecule has 0 unspecified atom stereocenters. The van der Waals surface area contributed by atoms with E-state index in [0.29, 0.717) is 16.4 Å². The van der Waals surface area contributed by atoms with Gasteiger partial charge in [0.15, 0.2) is 0 Å². The molecule has 0 aliphatic rings. The van der Waals surface area contributed by atoms with Gasteiger partial charge in [0.05, 0.1) is 5.56 Å². The summed E-state index contributed by atoms with van der Waals surface area (Å²) >= 11 is 11.4. The smallest absolute Gasteiger partial charge is 0.325 e.